The van der Waals surface area contributed by atoms with Crippen LogP contribution in [0.4, 0.5) is 11.4 Å². The number of nitrogens with one attached hydrogen (secondary N) is 2. The molecule has 3 rings (SSSR count). The minimum atomic E-state index is -0.285. The van der Waals surface area contributed by atoms with Crippen LogP contribution in [0.5, 0.6) is 11.5 Å². The zero-order chi connectivity index (χ0) is 20.7. The number of carbonyl (C=O) groups is 2. The number of methoxy groups -OCH3 is 2. The van der Waals surface area contributed by atoms with Gasteiger partial charge in [0, 0.05) is 24.2 Å². The van der Waals surface area contributed by atoms with E-state index in [-0.39, 0.29) is 17.2 Å². The average Bonchev–Trinajstić information content (AvgIpc) is 3.16. The Morgan fingerprint density at radius 1 is 0.759 bits per heavy atom. The fourth-order valence-electron chi connectivity index (χ4n) is 3.98. The highest BCUT2D eigenvalue weighted by atomic mass is 16.5. The van der Waals surface area contributed by atoms with Crippen LogP contribution in [0.3, 0.4) is 0 Å². The van der Waals surface area contributed by atoms with Gasteiger partial charge in [0.15, 0.2) is 0 Å². The van der Waals surface area contributed by atoms with Crippen molar-refractivity contribution < 1.29 is 19.1 Å². The van der Waals surface area contributed by atoms with E-state index in [1.807, 2.05) is 48.5 Å². The molecule has 2 amide bonds. The second-order valence-electron chi connectivity index (χ2n) is 7.61. The van der Waals surface area contributed by atoms with E-state index in [0.29, 0.717) is 12.8 Å². The third-order valence-electron chi connectivity index (χ3n) is 5.48. The van der Waals surface area contributed by atoms with Crippen molar-refractivity contribution in [3.8, 4) is 11.5 Å². The van der Waals surface area contributed by atoms with E-state index in [1.54, 1.807) is 14.2 Å². The molecule has 0 atom stereocenters. The second-order valence-corrected chi connectivity index (χ2v) is 7.61. The summed E-state index contributed by atoms with van der Waals surface area (Å²) in [5, 5.41) is 5.88. The maximum Gasteiger partial charge on any atom is 0.224 e. The Morgan fingerprint density at radius 2 is 1.14 bits per heavy atom. The predicted octanol–water partition coefficient (Wildman–Crippen LogP) is 4.62. The second kappa shape index (κ2) is 9.45. The first-order valence-electron chi connectivity index (χ1n) is 9.90. The summed E-state index contributed by atoms with van der Waals surface area (Å²) in [5.74, 6) is 1.36. The van der Waals surface area contributed by atoms with Crippen LogP contribution in [-0.4, -0.2) is 26.0 Å². The van der Waals surface area contributed by atoms with Gasteiger partial charge in [0.2, 0.25) is 11.8 Å². The van der Waals surface area contributed by atoms with E-state index in [4.69, 9.17) is 9.47 Å². The highest BCUT2D eigenvalue weighted by Crippen LogP contribution is 2.44. The van der Waals surface area contributed by atoms with Gasteiger partial charge in [0.1, 0.15) is 11.5 Å². The molecule has 2 aromatic rings. The summed E-state index contributed by atoms with van der Waals surface area (Å²) in [6.07, 6.45) is 4.56. The zero-order valence-electron chi connectivity index (χ0n) is 17.0. The molecule has 1 saturated carbocycles. The van der Waals surface area contributed by atoms with Gasteiger partial charge in [0.25, 0.3) is 0 Å². The molecule has 0 heterocycles. The van der Waals surface area contributed by atoms with Gasteiger partial charge in [-0.3, -0.25) is 9.59 Å². The van der Waals surface area contributed by atoms with Crippen molar-refractivity contribution in [2.24, 2.45) is 5.41 Å². The third-order valence-corrected chi connectivity index (χ3v) is 5.48. The Balaban J connectivity index is 1.59. The molecule has 0 radical (unpaired) electrons. The molecule has 29 heavy (non-hydrogen) atoms. The molecule has 1 aliphatic rings. The van der Waals surface area contributed by atoms with Crippen molar-refractivity contribution >= 4 is 23.2 Å². The lowest BCUT2D eigenvalue weighted by atomic mass is 9.79. The van der Waals surface area contributed by atoms with Crippen LogP contribution in [0.1, 0.15) is 38.5 Å². The summed E-state index contributed by atoms with van der Waals surface area (Å²) in [5.41, 5.74) is 1.17. The summed E-state index contributed by atoms with van der Waals surface area (Å²) >= 11 is 0. The smallest absolute Gasteiger partial charge is 0.224 e. The summed E-state index contributed by atoms with van der Waals surface area (Å²) in [4.78, 5) is 25.3. The lowest BCUT2D eigenvalue weighted by molar-refractivity contribution is -0.121. The first kappa shape index (κ1) is 20.7. The van der Waals surface area contributed by atoms with E-state index in [2.05, 4.69) is 10.6 Å². The lowest BCUT2D eigenvalue weighted by Crippen LogP contribution is -2.30. The van der Waals surface area contributed by atoms with E-state index < -0.39 is 0 Å². The zero-order valence-corrected chi connectivity index (χ0v) is 17.0. The van der Waals surface area contributed by atoms with Crippen LogP contribution >= 0.6 is 0 Å². The molecular weight excluding hydrogens is 368 g/mol. The lowest BCUT2D eigenvalue weighted by Gasteiger charge is -2.27. The average molecular weight is 396 g/mol. The monoisotopic (exact) mass is 396 g/mol. The van der Waals surface area contributed by atoms with Gasteiger partial charge < -0.3 is 20.1 Å². The maximum atomic E-state index is 12.7. The minimum absolute atomic E-state index is 0.0608. The summed E-state index contributed by atoms with van der Waals surface area (Å²) in [6, 6.07) is 14.5. The van der Waals surface area contributed by atoms with Crippen molar-refractivity contribution in [1.29, 1.82) is 0 Å². The fourth-order valence-corrected chi connectivity index (χ4v) is 3.98. The number of ether oxygens (including phenoxy) is 2. The number of rotatable bonds is 8. The molecule has 154 valence electrons. The Kier molecular flexibility index (Phi) is 6.75. The van der Waals surface area contributed by atoms with E-state index in [9.17, 15) is 9.59 Å². The molecule has 0 aromatic heterocycles. The van der Waals surface area contributed by atoms with Crippen molar-refractivity contribution in [2.45, 2.75) is 38.5 Å². The molecule has 6 nitrogen and oxygen atoms in total. The van der Waals surface area contributed by atoms with E-state index in [0.717, 1.165) is 48.6 Å². The summed E-state index contributed by atoms with van der Waals surface area (Å²) in [7, 11) is 3.21. The standard InChI is InChI=1S/C23H28N2O4/c1-28-19-9-5-17(6-10-19)24-21(26)15-23(13-3-4-14-23)16-22(27)25-18-7-11-20(29-2)12-8-18/h5-12H,3-4,13-16H2,1-2H3,(H,24,26)(H,25,27). The Bertz CT molecular complexity index is 759. The molecule has 6 heteroatoms. The molecule has 0 saturated heterocycles. The predicted molar refractivity (Wildman–Crippen MR) is 113 cm³/mol. The van der Waals surface area contributed by atoms with Gasteiger partial charge in [-0.05, 0) is 66.8 Å². The Morgan fingerprint density at radius 3 is 1.48 bits per heavy atom. The first-order valence-corrected chi connectivity index (χ1v) is 9.90. The third kappa shape index (κ3) is 5.73. The fraction of sp³-hybridized carbons (Fsp3) is 0.391. The van der Waals surface area contributed by atoms with Gasteiger partial charge in [-0.15, -0.1) is 0 Å². The number of hydrogen-bond donors (Lipinski definition) is 2. The highest BCUT2D eigenvalue weighted by Gasteiger charge is 2.38. The molecule has 1 fully saturated rings. The van der Waals surface area contributed by atoms with Crippen LogP contribution in [0.15, 0.2) is 48.5 Å². The van der Waals surface area contributed by atoms with Crippen LogP contribution in [0.25, 0.3) is 0 Å². The minimum Gasteiger partial charge on any atom is -0.497 e. The number of anilines is 2. The topological polar surface area (TPSA) is 76.7 Å². The van der Waals surface area contributed by atoms with E-state index >= 15 is 0 Å². The van der Waals surface area contributed by atoms with Gasteiger partial charge in [-0.1, -0.05) is 12.8 Å². The largest absolute Gasteiger partial charge is 0.497 e. The van der Waals surface area contributed by atoms with Crippen LogP contribution in [-0.2, 0) is 9.59 Å². The molecule has 0 spiro atoms. The number of amides is 2. The van der Waals surface area contributed by atoms with Crippen molar-refractivity contribution in [1.82, 2.24) is 0 Å². The summed E-state index contributed by atoms with van der Waals surface area (Å²) < 4.78 is 10.3. The SMILES string of the molecule is COc1ccc(NC(=O)CC2(CC(=O)Nc3ccc(OC)cc3)CCCC2)cc1. The highest BCUT2D eigenvalue weighted by molar-refractivity contribution is 5.94. The summed E-state index contributed by atoms with van der Waals surface area (Å²) in [6.45, 7) is 0. The number of benzene rings is 2. The molecule has 0 unspecified atom stereocenters. The van der Waals surface area contributed by atoms with Gasteiger partial charge >= 0.3 is 0 Å². The van der Waals surface area contributed by atoms with Crippen LogP contribution in [0, 0.1) is 5.41 Å². The van der Waals surface area contributed by atoms with Crippen molar-refractivity contribution in [3.63, 3.8) is 0 Å². The van der Waals surface area contributed by atoms with Gasteiger partial charge in [-0.25, -0.2) is 0 Å². The van der Waals surface area contributed by atoms with Gasteiger partial charge in [-0.2, -0.15) is 0 Å². The molecule has 2 aromatic carbocycles. The molecule has 0 bridgehead atoms. The molecular formula is C23H28N2O4. The van der Waals surface area contributed by atoms with Gasteiger partial charge in [0.05, 0.1) is 14.2 Å². The quantitative estimate of drug-likeness (QED) is 0.682. The van der Waals surface area contributed by atoms with Crippen molar-refractivity contribution in [3.05, 3.63) is 48.5 Å². The maximum absolute atomic E-state index is 12.7. The molecule has 1 aliphatic carbocycles. The normalized spacial score (nSPS) is 14.8. The Labute approximate surface area is 171 Å². The van der Waals surface area contributed by atoms with Crippen molar-refractivity contribution in [2.75, 3.05) is 24.9 Å². The molecule has 0 aliphatic heterocycles. The first-order chi connectivity index (χ1) is 14.0. The number of carbonyl (C=O) groups excluding carboxylic acids is 2. The Hall–Kier alpha value is -3.02. The van der Waals surface area contributed by atoms with E-state index in [1.165, 1.54) is 0 Å². The van der Waals surface area contributed by atoms with Crippen LogP contribution in [0.2, 0.25) is 0 Å². The number of hydrogen-bond acceptors (Lipinski definition) is 4. The van der Waals surface area contributed by atoms with Crippen LogP contribution < -0.4 is 20.1 Å². The molecule has 2 N–H and O–H groups in total.